The Morgan fingerprint density at radius 2 is 1.05 bits per heavy atom. The van der Waals surface area contributed by atoms with Crippen molar-refractivity contribution in [2.75, 3.05) is 0 Å². The molecular formula is C42H28O. The van der Waals surface area contributed by atoms with Crippen molar-refractivity contribution in [1.29, 1.82) is 0 Å². The van der Waals surface area contributed by atoms with E-state index in [2.05, 4.69) is 158 Å². The lowest BCUT2D eigenvalue weighted by molar-refractivity contribution is 0.672. The van der Waals surface area contributed by atoms with Crippen LogP contribution in [0.2, 0.25) is 0 Å². The number of rotatable bonds is 4. The van der Waals surface area contributed by atoms with Crippen LogP contribution in [-0.2, 0) is 11.8 Å². The average Bonchev–Trinajstić information content (AvgIpc) is 3.61. The molecule has 0 aliphatic heterocycles. The second-order valence-electron chi connectivity index (χ2n) is 11.6. The van der Waals surface area contributed by atoms with E-state index in [-0.39, 0.29) is 0 Å². The highest BCUT2D eigenvalue weighted by Gasteiger charge is 2.46. The van der Waals surface area contributed by atoms with Crippen molar-refractivity contribution in [3.63, 3.8) is 0 Å². The molecule has 1 aromatic heterocycles. The molecule has 0 bridgehead atoms. The molecule has 0 radical (unpaired) electrons. The van der Waals surface area contributed by atoms with E-state index in [0.717, 1.165) is 23.0 Å². The normalized spacial score (nSPS) is 13.4. The van der Waals surface area contributed by atoms with Crippen LogP contribution in [0.5, 0.6) is 0 Å². The van der Waals surface area contributed by atoms with Crippen molar-refractivity contribution in [2.24, 2.45) is 0 Å². The Labute approximate surface area is 250 Å². The van der Waals surface area contributed by atoms with Crippen LogP contribution in [0.3, 0.4) is 0 Å². The number of para-hydroxylation sites is 1. The molecule has 202 valence electrons. The molecule has 0 saturated heterocycles. The van der Waals surface area contributed by atoms with Crippen molar-refractivity contribution in [1.82, 2.24) is 0 Å². The summed E-state index contributed by atoms with van der Waals surface area (Å²) >= 11 is 0. The van der Waals surface area contributed by atoms with Gasteiger partial charge in [-0.1, -0.05) is 146 Å². The van der Waals surface area contributed by atoms with Crippen LogP contribution in [-0.4, -0.2) is 0 Å². The lowest BCUT2D eigenvalue weighted by Gasteiger charge is -2.35. The summed E-state index contributed by atoms with van der Waals surface area (Å²) in [4.78, 5) is 0. The zero-order chi connectivity index (χ0) is 28.4. The van der Waals surface area contributed by atoms with Crippen molar-refractivity contribution in [2.45, 2.75) is 11.8 Å². The minimum absolute atomic E-state index is 0.431. The topological polar surface area (TPSA) is 13.1 Å². The van der Waals surface area contributed by atoms with Gasteiger partial charge in [0.25, 0.3) is 0 Å². The van der Waals surface area contributed by atoms with Gasteiger partial charge in [-0.15, -0.1) is 0 Å². The predicted molar refractivity (Wildman–Crippen MR) is 178 cm³/mol. The molecule has 43 heavy (non-hydrogen) atoms. The monoisotopic (exact) mass is 548 g/mol. The molecule has 7 aromatic carbocycles. The number of hydrogen-bond acceptors (Lipinski definition) is 1. The number of furan rings is 1. The van der Waals surface area contributed by atoms with E-state index >= 15 is 0 Å². The molecule has 0 N–H and O–H groups in total. The fourth-order valence-corrected chi connectivity index (χ4v) is 7.71. The van der Waals surface area contributed by atoms with Crippen LogP contribution in [0, 0.1) is 0 Å². The maximum atomic E-state index is 6.56. The molecule has 0 spiro atoms. The van der Waals surface area contributed by atoms with E-state index in [1.807, 2.05) is 0 Å². The van der Waals surface area contributed by atoms with Crippen LogP contribution >= 0.6 is 0 Å². The van der Waals surface area contributed by atoms with Crippen LogP contribution < -0.4 is 0 Å². The van der Waals surface area contributed by atoms with Crippen molar-refractivity contribution in [3.05, 3.63) is 191 Å². The quantitative estimate of drug-likeness (QED) is 0.213. The minimum Gasteiger partial charge on any atom is -0.455 e. The highest BCUT2D eigenvalue weighted by molar-refractivity contribution is 6.16. The molecule has 9 rings (SSSR count). The molecule has 1 heteroatoms. The first-order chi connectivity index (χ1) is 21.3. The first-order valence-corrected chi connectivity index (χ1v) is 15.0. The molecular weight excluding hydrogens is 520 g/mol. The third kappa shape index (κ3) is 3.40. The van der Waals surface area contributed by atoms with E-state index in [1.165, 1.54) is 60.7 Å². The largest absolute Gasteiger partial charge is 0.455 e. The van der Waals surface area contributed by atoms with Gasteiger partial charge in [0.1, 0.15) is 11.2 Å². The Bertz CT molecular complexity index is 2280. The molecule has 0 unspecified atom stereocenters. The van der Waals surface area contributed by atoms with Gasteiger partial charge < -0.3 is 4.42 Å². The van der Waals surface area contributed by atoms with Crippen LogP contribution in [0.1, 0.15) is 33.4 Å². The molecule has 0 fully saturated rings. The Hall–Kier alpha value is -5.40. The Kier molecular flexibility index (Phi) is 5.24. The second-order valence-corrected chi connectivity index (χ2v) is 11.6. The van der Waals surface area contributed by atoms with E-state index in [9.17, 15) is 0 Å². The zero-order valence-electron chi connectivity index (χ0n) is 23.6. The van der Waals surface area contributed by atoms with E-state index in [1.54, 1.807) is 0 Å². The smallest absolute Gasteiger partial charge is 0.143 e. The highest BCUT2D eigenvalue weighted by Crippen LogP contribution is 2.56. The third-order valence-electron chi connectivity index (χ3n) is 9.41. The SMILES string of the molecule is c1ccc(C2(c3ccccc3Cc3cc4ccccc4c4oc5ccccc5c34)c3ccccc3-c3ccccc32)cc1. The standard InChI is InChI=1S/C42H28O/c1-2-16-31(17-3-1)42(37-23-11-7-19-33(37)34-20-8-12-24-38(34)42)36-22-10-5-15-29(36)27-30-26-28-14-4-6-18-32(28)41-40(30)35-21-9-13-25-39(35)43-41/h1-26H,27H2. The molecule has 0 amide bonds. The van der Waals surface area contributed by atoms with Gasteiger partial charge in [-0.05, 0) is 68.4 Å². The zero-order valence-corrected chi connectivity index (χ0v) is 23.6. The molecule has 1 nitrogen and oxygen atoms in total. The van der Waals surface area contributed by atoms with Crippen LogP contribution in [0.15, 0.2) is 162 Å². The van der Waals surface area contributed by atoms with Crippen molar-refractivity contribution < 1.29 is 4.42 Å². The van der Waals surface area contributed by atoms with Crippen molar-refractivity contribution >= 4 is 32.7 Å². The summed E-state index contributed by atoms with van der Waals surface area (Å²) in [5.74, 6) is 0. The maximum Gasteiger partial charge on any atom is 0.143 e. The summed E-state index contributed by atoms with van der Waals surface area (Å²) < 4.78 is 6.56. The van der Waals surface area contributed by atoms with Gasteiger partial charge >= 0.3 is 0 Å². The fourth-order valence-electron chi connectivity index (χ4n) is 7.71. The van der Waals surface area contributed by atoms with Crippen molar-refractivity contribution in [3.8, 4) is 11.1 Å². The summed E-state index contributed by atoms with van der Waals surface area (Å²) in [5.41, 5.74) is 12.0. The van der Waals surface area contributed by atoms with Crippen LogP contribution in [0.4, 0.5) is 0 Å². The van der Waals surface area contributed by atoms with Gasteiger partial charge in [-0.25, -0.2) is 0 Å². The predicted octanol–water partition coefficient (Wildman–Crippen LogP) is 10.7. The molecule has 0 saturated carbocycles. The second kappa shape index (κ2) is 9.31. The lowest BCUT2D eigenvalue weighted by atomic mass is 9.66. The number of hydrogen-bond donors (Lipinski definition) is 0. The van der Waals surface area contributed by atoms with E-state index < -0.39 is 5.41 Å². The summed E-state index contributed by atoms with van der Waals surface area (Å²) in [6.45, 7) is 0. The minimum atomic E-state index is -0.431. The van der Waals surface area contributed by atoms with Gasteiger partial charge in [0, 0.05) is 16.2 Å². The third-order valence-corrected chi connectivity index (χ3v) is 9.41. The van der Waals surface area contributed by atoms with Gasteiger partial charge in [-0.3, -0.25) is 0 Å². The maximum absolute atomic E-state index is 6.56. The number of benzene rings is 7. The molecule has 1 heterocycles. The first-order valence-electron chi connectivity index (χ1n) is 15.0. The molecule has 0 atom stereocenters. The van der Waals surface area contributed by atoms with Gasteiger partial charge in [0.15, 0.2) is 0 Å². The van der Waals surface area contributed by atoms with Gasteiger partial charge in [0.2, 0.25) is 0 Å². The summed E-state index contributed by atoms with van der Waals surface area (Å²) in [5, 5.41) is 4.75. The van der Waals surface area contributed by atoms with E-state index in [4.69, 9.17) is 4.42 Å². The van der Waals surface area contributed by atoms with Gasteiger partial charge in [0.05, 0.1) is 5.41 Å². The summed E-state index contributed by atoms with van der Waals surface area (Å²) in [6, 6.07) is 57.5. The lowest BCUT2D eigenvalue weighted by Crippen LogP contribution is -2.30. The summed E-state index contributed by atoms with van der Waals surface area (Å²) in [6.07, 6.45) is 0.792. The molecule has 8 aromatic rings. The fraction of sp³-hybridized carbons (Fsp3) is 0.0476. The molecule has 1 aliphatic carbocycles. The summed E-state index contributed by atoms with van der Waals surface area (Å²) in [7, 11) is 0. The first kappa shape index (κ1) is 24.2. The van der Waals surface area contributed by atoms with E-state index in [0.29, 0.717) is 0 Å². The van der Waals surface area contributed by atoms with Gasteiger partial charge in [-0.2, -0.15) is 0 Å². The Morgan fingerprint density at radius 1 is 0.465 bits per heavy atom. The molecule has 1 aliphatic rings. The van der Waals surface area contributed by atoms with Crippen LogP contribution in [0.25, 0.3) is 43.8 Å². The average molecular weight is 549 g/mol. The Balaban J connectivity index is 1.36. The highest BCUT2D eigenvalue weighted by atomic mass is 16.3. The number of fused-ring (bicyclic) bond motifs is 8. The Morgan fingerprint density at radius 3 is 1.81 bits per heavy atom.